The molecule has 0 saturated carbocycles. The van der Waals surface area contributed by atoms with Gasteiger partial charge in [-0.25, -0.2) is 0 Å². The van der Waals surface area contributed by atoms with Crippen molar-refractivity contribution in [1.29, 1.82) is 0 Å². The third-order valence-corrected chi connectivity index (χ3v) is 3.68. The molecule has 0 radical (unpaired) electrons. The van der Waals surface area contributed by atoms with E-state index >= 15 is 0 Å². The standard InChI is InChI=1S/C16H19BO2/c1-12-8-9-15(14-7-5-4-6-13(12)14)17-18-10-16(2,3)11-19-17/h4-9H,10-11H2,1-3H3. The molecule has 98 valence electrons. The van der Waals surface area contributed by atoms with Crippen LogP contribution in [0.2, 0.25) is 0 Å². The fourth-order valence-corrected chi connectivity index (χ4v) is 2.55. The van der Waals surface area contributed by atoms with Crippen molar-refractivity contribution in [2.45, 2.75) is 20.8 Å². The molecule has 0 aliphatic carbocycles. The number of rotatable bonds is 1. The number of hydrogen-bond acceptors (Lipinski definition) is 2. The summed E-state index contributed by atoms with van der Waals surface area (Å²) in [5, 5.41) is 2.50. The van der Waals surface area contributed by atoms with E-state index in [9.17, 15) is 0 Å². The van der Waals surface area contributed by atoms with E-state index in [1.807, 2.05) is 0 Å². The fraction of sp³-hybridized carbons (Fsp3) is 0.375. The predicted molar refractivity (Wildman–Crippen MR) is 79.8 cm³/mol. The zero-order chi connectivity index (χ0) is 13.5. The molecule has 1 aliphatic heterocycles. The summed E-state index contributed by atoms with van der Waals surface area (Å²) in [4.78, 5) is 0. The van der Waals surface area contributed by atoms with E-state index in [0.717, 1.165) is 18.7 Å². The highest BCUT2D eigenvalue weighted by Gasteiger charge is 2.34. The number of fused-ring (bicyclic) bond motifs is 1. The highest BCUT2D eigenvalue weighted by Crippen LogP contribution is 2.23. The minimum atomic E-state index is -0.237. The van der Waals surface area contributed by atoms with Crippen LogP contribution in [-0.4, -0.2) is 20.3 Å². The second kappa shape index (κ2) is 4.66. The summed E-state index contributed by atoms with van der Waals surface area (Å²) < 4.78 is 11.8. The van der Waals surface area contributed by atoms with Gasteiger partial charge in [-0.3, -0.25) is 0 Å². The average Bonchev–Trinajstić information content (AvgIpc) is 2.40. The fourth-order valence-electron chi connectivity index (χ4n) is 2.55. The molecule has 1 saturated heterocycles. The molecule has 0 atom stereocenters. The maximum atomic E-state index is 5.91. The molecular weight excluding hydrogens is 235 g/mol. The maximum Gasteiger partial charge on any atom is 0.494 e. The van der Waals surface area contributed by atoms with Crippen LogP contribution >= 0.6 is 0 Å². The Labute approximate surface area is 114 Å². The van der Waals surface area contributed by atoms with Gasteiger partial charge < -0.3 is 9.31 Å². The molecule has 0 unspecified atom stereocenters. The molecule has 3 heteroatoms. The van der Waals surface area contributed by atoms with Gasteiger partial charge in [0, 0.05) is 18.6 Å². The summed E-state index contributed by atoms with van der Waals surface area (Å²) in [6, 6.07) is 12.7. The normalized spacial score (nSPS) is 18.8. The lowest BCUT2D eigenvalue weighted by atomic mass is 9.73. The molecule has 2 aromatic carbocycles. The van der Waals surface area contributed by atoms with Crippen LogP contribution in [0.15, 0.2) is 36.4 Å². The maximum absolute atomic E-state index is 5.91. The van der Waals surface area contributed by atoms with E-state index in [1.165, 1.54) is 16.3 Å². The third-order valence-electron chi connectivity index (χ3n) is 3.68. The summed E-state index contributed by atoms with van der Waals surface area (Å²) in [6.07, 6.45) is 0. The molecule has 0 bridgehead atoms. The average molecular weight is 254 g/mol. The molecular formula is C16H19BO2. The Kier molecular flexibility index (Phi) is 3.11. The lowest BCUT2D eigenvalue weighted by Crippen LogP contribution is -2.47. The van der Waals surface area contributed by atoms with Crippen LogP contribution < -0.4 is 5.46 Å². The Bertz CT molecular complexity index is 597. The van der Waals surface area contributed by atoms with Gasteiger partial charge in [0.05, 0.1) is 0 Å². The van der Waals surface area contributed by atoms with Gasteiger partial charge in [0.25, 0.3) is 0 Å². The second-order valence-electron chi connectivity index (χ2n) is 6.14. The Balaban J connectivity index is 2.00. The van der Waals surface area contributed by atoms with E-state index in [-0.39, 0.29) is 12.5 Å². The predicted octanol–water partition coefficient (Wildman–Crippen LogP) is 2.92. The molecule has 0 aromatic heterocycles. The Morgan fingerprint density at radius 1 is 0.947 bits per heavy atom. The molecule has 0 spiro atoms. The zero-order valence-corrected chi connectivity index (χ0v) is 11.8. The summed E-state index contributed by atoms with van der Waals surface area (Å²) in [6.45, 7) is 7.94. The van der Waals surface area contributed by atoms with Crippen LogP contribution in [0.3, 0.4) is 0 Å². The van der Waals surface area contributed by atoms with E-state index in [1.54, 1.807) is 0 Å². The van der Waals surface area contributed by atoms with Gasteiger partial charge in [0.2, 0.25) is 0 Å². The molecule has 19 heavy (non-hydrogen) atoms. The van der Waals surface area contributed by atoms with Crippen LogP contribution in [-0.2, 0) is 9.31 Å². The molecule has 1 heterocycles. The molecule has 1 aliphatic rings. The van der Waals surface area contributed by atoms with Gasteiger partial charge in [-0.05, 0) is 28.7 Å². The number of hydrogen-bond donors (Lipinski definition) is 0. The number of aryl methyl sites for hydroxylation is 1. The van der Waals surface area contributed by atoms with Gasteiger partial charge in [0.1, 0.15) is 0 Å². The first-order valence-electron chi connectivity index (χ1n) is 6.78. The van der Waals surface area contributed by atoms with Gasteiger partial charge in [-0.2, -0.15) is 0 Å². The SMILES string of the molecule is Cc1ccc(B2OCC(C)(C)CO2)c2ccccc12. The smallest absolute Gasteiger partial charge is 0.407 e. The summed E-state index contributed by atoms with van der Waals surface area (Å²) in [5.41, 5.74) is 2.53. The van der Waals surface area contributed by atoms with Crippen LogP contribution in [0.5, 0.6) is 0 Å². The van der Waals surface area contributed by atoms with Crippen molar-refractivity contribution in [3.8, 4) is 0 Å². The van der Waals surface area contributed by atoms with Gasteiger partial charge in [-0.15, -0.1) is 0 Å². The van der Waals surface area contributed by atoms with Crippen molar-refractivity contribution in [3.63, 3.8) is 0 Å². The van der Waals surface area contributed by atoms with Crippen molar-refractivity contribution in [1.82, 2.24) is 0 Å². The topological polar surface area (TPSA) is 18.5 Å². The first-order valence-corrected chi connectivity index (χ1v) is 6.78. The minimum Gasteiger partial charge on any atom is -0.407 e. The van der Waals surface area contributed by atoms with Crippen LogP contribution in [0.1, 0.15) is 19.4 Å². The van der Waals surface area contributed by atoms with Crippen LogP contribution in [0.25, 0.3) is 10.8 Å². The van der Waals surface area contributed by atoms with Crippen molar-refractivity contribution in [3.05, 3.63) is 42.0 Å². The Hall–Kier alpha value is -1.32. The van der Waals surface area contributed by atoms with Crippen LogP contribution in [0, 0.1) is 12.3 Å². The molecule has 0 amide bonds. The van der Waals surface area contributed by atoms with Gasteiger partial charge in [0.15, 0.2) is 0 Å². The van der Waals surface area contributed by atoms with Gasteiger partial charge in [-0.1, -0.05) is 50.2 Å². The second-order valence-corrected chi connectivity index (χ2v) is 6.14. The molecule has 0 N–H and O–H groups in total. The minimum absolute atomic E-state index is 0.108. The van der Waals surface area contributed by atoms with E-state index < -0.39 is 0 Å². The molecule has 1 fully saturated rings. The van der Waals surface area contributed by atoms with Gasteiger partial charge >= 0.3 is 7.12 Å². The highest BCUT2D eigenvalue weighted by molar-refractivity contribution is 6.64. The summed E-state index contributed by atoms with van der Waals surface area (Å²) in [5.74, 6) is 0. The Morgan fingerprint density at radius 2 is 1.58 bits per heavy atom. The zero-order valence-electron chi connectivity index (χ0n) is 11.8. The largest absolute Gasteiger partial charge is 0.494 e. The Morgan fingerprint density at radius 3 is 2.26 bits per heavy atom. The number of benzene rings is 2. The van der Waals surface area contributed by atoms with Crippen molar-refractivity contribution >= 4 is 23.4 Å². The monoisotopic (exact) mass is 254 g/mol. The first-order chi connectivity index (χ1) is 9.07. The lowest BCUT2D eigenvalue weighted by molar-refractivity contribution is 0.0344. The lowest BCUT2D eigenvalue weighted by Gasteiger charge is -2.33. The molecule has 2 aromatic rings. The van der Waals surface area contributed by atoms with E-state index in [0.29, 0.717) is 0 Å². The molecule has 3 rings (SSSR count). The van der Waals surface area contributed by atoms with Crippen molar-refractivity contribution < 1.29 is 9.31 Å². The highest BCUT2D eigenvalue weighted by atomic mass is 16.6. The summed E-state index contributed by atoms with van der Waals surface area (Å²) >= 11 is 0. The van der Waals surface area contributed by atoms with Crippen LogP contribution in [0.4, 0.5) is 0 Å². The third kappa shape index (κ3) is 2.40. The quantitative estimate of drug-likeness (QED) is 0.728. The first kappa shape index (κ1) is 12.7. The van der Waals surface area contributed by atoms with Crippen molar-refractivity contribution in [2.24, 2.45) is 5.41 Å². The molecule has 2 nitrogen and oxygen atoms in total. The van der Waals surface area contributed by atoms with E-state index in [4.69, 9.17) is 9.31 Å². The van der Waals surface area contributed by atoms with Crippen molar-refractivity contribution in [2.75, 3.05) is 13.2 Å². The van der Waals surface area contributed by atoms with E-state index in [2.05, 4.69) is 57.2 Å². The summed E-state index contributed by atoms with van der Waals surface area (Å²) in [7, 11) is -0.237.